The van der Waals surface area contributed by atoms with Crippen molar-refractivity contribution in [3.63, 3.8) is 0 Å². The fraction of sp³-hybridized carbons (Fsp3) is 0.562. The molecule has 0 aromatic heterocycles. The van der Waals surface area contributed by atoms with Gasteiger partial charge in [0.25, 0.3) is 0 Å². The zero-order valence-corrected chi connectivity index (χ0v) is 11.9. The number of aliphatic carboxylic acids is 1. The molecule has 0 amide bonds. The van der Waals surface area contributed by atoms with Crippen LogP contribution in [0, 0.1) is 11.7 Å². The number of carboxylic acids is 1. The molecule has 1 aliphatic carbocycles. The fourth-order valence-corrected chi connectivity index (χ4v) is 3.06. The number of halogens is 1. The summed E-state index contributed by atoms with van der Waals surface area (Å²) in [6.07, 6.45) is 2.18. The monoisotopic (exact) mass is 293 g/mol. The van der Waals surface area contributed by atoms with E-state index in [0.717, 1.165) is 18.4 Å². The zero-order valence-electron chi connectivity index (χ0n) is 11.9. The predicted molar refractivity (Wildman–Crippen MR) is 77.1 cm³/mol. The molecule has 21 heavy (non-hydrogen) atoms. The van der Waals surface area contributed by atoms with Crippen LogP contribution in [0.4, 0.5) is 10.1 Å². The Hall–Kier alpha value is -1.62. The van der Waals surface area contributed by atoms with Gasteiger partial charge in [0.15, 0.2) is 0 Å². The van der Waals surface area contributed by atoms with Gasteiger partial charge in [0.05, 0.1) is 25.3 Å². The van der Waals surface area contributed by atoms with Gasteiger partial charge < -0.3 is 14.7 Å². The Bertz CT molecular complexity index is 524. The Kier molecular flexibility index (Phi) is 4.10. The van der Waals surface area contributed by atoms with Crippen LogP contribution >= 0.6 is 0 Å². The first-order valence-corrected chi connectivity index (χ1v) is 7.49. The van der Waals surface area contributed by atoms with Crippen molar-refractivity contribution < 1.29 is 19.0 Å². The second-order valence-corrected chi connectivity index (χ2v) is 5.85. The van der Waals surface area contributed by atoms with Gasteiger partial charge >= 0.3 is 5.97 Å². The zero-order chi connectivity index (χ0) is 14.8. The molecule has 1 saturated carbocycles. The van der Waals surface area contributed by atoms with Crippen LogP contribution in [0.1, 0.15) is 30.7 Å². The summed E-state index contributed by atoms with van der Waals surface area (Å²) in [6, 6.07) is 5.20. The van der Waals surface area contributed by atoms with E-state index in [0.29, 0.717) is 37.9 Å². The molecule has 1 unspecified atom stereocenters. The highest BCUT2D eigenvalue weighted by Gasteiger charge is 2.34. The molecular weight excluding hydrogens is 273 g/mol. The maximum atomic E-state index is 14.4. The van der Waals surface area contributed by atoms with Crippen molar-refractivity contribution in [3.05, 3.63) is 29.6 Å². The Morgan fingerprint density at radius 1 is 1.38 bits per heavy atom. The van der Waals surface area contributed by atoms with Crippen molar-refractivity contribution in [2.45, 2.75) is 25.2 Å². The number of rotatable bonds is 5. The van der Waals surface area contributed by atoms with Crippen molar-refractivity contribution >= 4 is 11.7 Å². The summed E-state index contributed by atoms with van der Waals surface area (Å²) in [6.45, 7) is 2.62. The Balaban J connectivity index is 1.80. The second kappa shape index (κ2) is 6.02. The molecule has 1 atom stereocenters. The number of nitrogens with zero attached hydrogens (tertiary/aromatic N) is 1. The lowest BCUT2D eigenvalue weighted by Gasteiger charge is -2.29. The van der Waals surface area contributed by atoms with Gasteiger partial charge in [-0.3, -0.25) is 4.79 Å². The molecule has 1 aromatic rings. The van der Waals surface area contributed by atoms with E-state index < -0.39 is 5.97 Å². The van der Waals surface area contributed by atoms with Crippen molar-refractivity contribution in [2.75, 3.05) is 31.2 Å². The molecule has 0 spiro atoms. The van der Waals surface area contributed by atoms with Crippen LogP contribution in [-0.4, -0.2) is 37.4 Å². The number of benzene rings is 1. The lowest BCUT2D eigenvalue weighted by Crippen LogP contribution is -2.36. The summed E-state index contributed by atoms with van der Waals surface area (Å²) in [5.74, 6) is -0.736. The van der Waals surface area contributed by atoms with Crippen LogP contribution in [-0.2, 0) is 9.53 Å². The molecule has 1 aromatic carbocycles. The summed E-state index contributed by atoms with van der Waals surface area (Å²) in [5, 5.41) is 9.03. The third-order valence-corrected chi connectivity index (χ3v) is 4.34. The third-order valence-electron chi connectivity index (χ3n) is 4.34. The smallest absolute Gasteiger partial charge is 0.303 e. The largest absolute Gasteiger partial charge is 0.481 e. The minimum atomic E-state index is -0.815. The van der Waals surface area contributed by atoms with Crippen LogP contribution in [0.25, 0.3) is 0 Å². The molecule has 1 heterocycles. The topological polar surface area (TPSA) is 49.8 Å². The SMILES string of the molecule is O=C(O)CC(c1ccc(N2CCOCC2)c(F)c1)C1CC1. The number of morpholine rings is 1. The lowest BCUT2D eigenvalue weighted by atomic mass is 9.90. The second-order valence-electron chi connectivity index (χ2n) is 5.85. The molecule has 114 valence electrons. The van der Waals surface area contributed by atoms with Gasteiger partial charge in [-0.25, -0.2) is 4.39 Å². The van der Waals surface area contributed by atoms with Crippen LogP contribution in [0.2, 0.25) is 0 Å². The fourth-order valence-electron chi connectivity index (χ4n) is 3.06. The molecule has 1 N–H and O–H groups in total. The van der Waals surface area contributed by atoms with Crippen LogP contribution in [0.15, 0.2) is 18.2 Å². The Labute approximate surface area is 123 Å². The summed E-state index contributed by atoms with van der Waals surface area (Å²) in [7, 11) is 0. The highest BCUT2D eigenvalue weighted by molar-refractivity contribution is 5.68. The molecular formula is C16H20FNO3. The molecule has 2 aliphatic rings. The number of ether oxygens (including phenoxy) is 1. The average Bonchev–Trinajstić information content (AvgIpc) is 3.30. The van der Waals surface area contributed by atoms with Gasteiger partial charge in [0.1, 0.15) is 5.82 Å². The van der Waals surface area contributed by atoms with Gasteiger partial charge in [-0.1, -0.05) is 6.07 Å². The highest BCUT2D eigenvalue weighted by atomic mass is 19.1. The minimum absolute atomic E-state index is 0.0595. The number of carbonyl (C=O) groups is 1. The Morgan fingerprint density at radius 2 is 2.10 bits per heavy atom. The van der Waals surface area contributed by atoms with Gasteiger partial charge in [-0.05, 0) is 42.4 Å². The van der Waals surface area contributed by atoms with E-state index in [9.17, 15) is 9.18 Å². The minimum Gasteiger partial charge on any atom is -0.481 e. The van der Waals surface area contributed by atoms with E-state index in [-0.39, 0.29) is 18.2 Å². The van der Waals surface area contributed by atoms with Crippen molar-refractivity contribution in [1.29, 1.82) is 0 Å². The summed E-state index contributed by atoms with van der Waals surface area (Å²) < 4.78 is 19.7. The van der Waals surface area contributed by atoms with E-state index in [2.05, 4.69) is 0 Å². The van der Waals surface area contributed by atoms with Crippen LogP contribution in [0.5, 0.6) is 0 Å². The number of anilines is 1. The normalized spacial score (nSPS) is 20.3. The van der Waals surface area contributed by atoms with Crippen LogP contribution < -0.4 is 4.90 Å². The quantitative estimate of drug-likeness (QED) is 0.906. The first kappa shape index (κ1) is 14.3. The molecule has 1 aliphatic heterocycles. The molecule has 3 rings (SSSR count). The Morgan fingerprint density at radius 3 is 2.67 bits per heavy atom. The molecule has 1 saturated heterocycles. The number of hydrogen-bond donors (Lipinski definition) is 1. The maximum absolute atomic E-state index is 14.4. The van der Waals surface area contributed by atoms with Crippen molar-refractivity contribution in [1.82, 2.24) is 0 Å². The average molecular weight is 293 g/mol. The summed E-state index contributed by atoms with van der Waals surface area (Å²) in [4.78, 5) is 13.0. The van der Waals surface area contributed by atoms with E-state index in [1.807, 2.05) is 11.0 Å². The highest BCUT2D eigenvalue weighted by Crippen LogP contribution is 2.45. The molecule has 0 radical (unpaired) electrons. The number of hydrogen-bond acceptors (Lipinski definition) is 3. The standard InChI is InChI=1S/C16H20FNO3/c17-14-9-12(13(10-16(19)20)11-1-2-11)3-4-15(14)18-5-7-21-8-6-18/h3-4,9,11,13H,1-2,5-8,10H2,(H,19,20). The van der Waals surface area contributed by atoms with E-state index in [4.69, 9.17) is 9.84 Å². The van der Waals surface area contributed by atoms with Crippen molar-refractivity contribution in [2.24, 2.45) is 5.92 Å². The first-order valence-electron chi connectivity index (χ1n) is 7.49. The maximum Gasteiger partial charge on any atom is 0.303 e. The van der Waals surface area contributed by atoms with Gasteiger partial charge in [0.2, 0.25) is 0 Å². The molecule has 5 heteroatoms. The van der Waals surface area contributed by atoms with E-state index >= 15 is 0 Å². The summed E-state index contributed by atoms with van der Waals surface area (Å²) in [5.41, 5.74) is 1.40. The van der Waals surface area contributed by atoms with Gasteiger partial charge in [-0.15, -0.1) is 0 Å². The van der Waals surface area contributed by atoms with E-state index in [1.54, 1.807) is 6.07 Å². The lowest BCUT2D eigenvalue weighted by molar-refractivity contribution is -0.137. The predicted octanol–water partition coefficient (Wildman–Crippen LogP) is 2.63. The van der Waals surface area contributed by atoms with Gasteiger partial charge in [-0.2, -0.15) is 0 Å². The molecule has 4 nitrogen and oxygen atoms in total. The number of carboxylic acid groups (broad SMARTS) is 1. The first-order chi connectivity index (χ1) is 10.1. The summed E-state index contributed by atoms with van der Waals surface area (Å²) >= 11 is 0. The van der Waals surface area contributed by atoms with Crippen LogP contribution in [0.3, 0.4) is 0 Å². The van der Waals surface area contributed by atoms with Gasteiger partial charge in [0, 0.05) is 13.1 Å². The van der Waals surface area contributed by atoms with E-state index in [1.165, 1.54) is 6.07 Å². The third kappa shape index (κ3) is 3.35. The molecule has 0 bridgehead atoms. The van der Waals surface area contributed by atoms with Crippen molar-refractivity contribution in [3.8, 4) is 0 Å². The molecule has 2 fully saturated rings.